The molecule has 0 saturated carbocycles. The number of nitrogens with zero attached hydrogens (tertiary/aromatic N) is 1. The van der Waals surface area contributed by atoms with E-state index in [0.717, 1.165) is 49.3 Å². The van der Waals surface area contributed by atoms with E-state index in [-0.39, 0.29) is 6.61 Å². The summed E-state index contributed by atoms with van der Waals surface area (Å²) in [6, 6.07) is 11.5. The molecule has 0 radical (unpaired) electrons. The van der Waals surface area contributed by atoms with Gasteiger partial charge in [-0.2, -0.15) is 4.39 Å². The number of alkyl halides is 1. The fraction of sp³-hybridized carbons (Fsp3) is 0.552. The van der Waals surface area contributed by atoms with Crippen molar-refractivity contribution in [3.8, 4) is 5.75 Å². The number of benzene rings is 2. The lowest BCUT2D eigenvalue weighted by Gasteiger charge is -2.12. The standard InChI is InChI=1S/C29H39F2NO/c1-3-5-7-9-10-11-13-22-15-17-26-25-18-16-24(20-27(25)29(31)32-28(26)19-22)33-21-23(30)14-12-8-6-4-2/h15-20,23H,3-14,21H2,1-2H3/t23-/m0/s1. The molecule has 3 rings (SSSR count). The van der Waals surface area contributed by atoms with E-state index in [1.807, 2.05) is 18.2 Å². The second-order valence-electron chi connectivity index (χ2n) is 9.24. The molecule has 0 aliphatic rings. The van der Waals surface area contributed by atoms with Crippen molar-refractivity contribution in [1.82, 2.24) is 4.98 Å². The number of hydrogen-bond acceptors (Lipinski definition) is 2. The Morgan fingerprint density at radius 2 is 1.48 bits per heavy atom. The van der Waals surface area contributed by atoms with Crippen molar-refractivity contribution in [2.75, 3.05) is 6.61 Å². The van der Waals surface area contributed by atoms with E-state index in [1.165, 1.54) is 37.7 Å². The predicted octanol–water partition coefficient (Wildman–Crippen LogP) is 9.12. The summed E-state index contributed by atoms with van der Waals surface area (Å²) >= 11 is 0. The van der Waals surface area contributed by atoms with Crippen LogP contribution in [0.4, 0.5) is 8.78 Å². The molecule has 0 fully saturated rings. The molecule has 0 bridgehead atoms. The number of hydrogen-bond donors (Lipinski definition) is 0. The van der Waals surface area contributed by atoms with Crippen LogP contribution in [0.1, 0.15) is 90.0 Å². The van der Waals surface area contributed by atoms with Crippen LogP contribution < -0.4 is 4.74 Å². The number of pyridine rings is 1. The second-order valence-corrected chi connectivity index (χ2v) is 9.24. The van der Waals surface area contributed by atoms with Crippen LogP contribution in [0.25, 0.3) is 21.7 Å². The first-order chi connectivity index (χ1) is 16.1. The number of aryl methyl sites for hydroxylation is 1. The fourth-order valence-electron chi connectivity index (χ4n) is 4.41. The second kappa shape index (κ2) is 13.5. The summed E-state index contributed by atoms with van der Waals surface area (Å²) in [5.41, 5.74) is 1.89. The first-order valence-corrected chi connectivity index (χ1v) is 12.9. The number of ether oxygens (including phenoxy) is 1. The molecule has 1 heterocycles. The summed E-state index contributed by atoms with van der Waals surface area (Å²) in [6.07, 6.45) is 12.3. The Kier molecular flexibility index (Phi) is 10.4. The topological polar surface area (TPSA) is 22.1 Å². The van der Waals surface area contributed by atoms with Crippen molar-refractivity contribution in [1.29, 1.82) is 0 Å². The van der Waals surface area contributed by atoms with Crippen LogP contribution in [-0.4, -0.2) is 17.8 Å². The first-order valence-electron chi connectivity index (χ1n) is 12.9. The highest BCUT2D eigenvalue weighted by molar-refractivity contribution is 6.06. The van der Waals surface area contributed by atoms with Crippen LogP contribution in [0, 0.1) is 5.95 Å². The van der Waals surface area contributed by atoms with Crippen molar-refractivity contribution >= 4 is 21.7 Å². The molecule has 3 aromatic rings. The summed E-state index contributed by atoms with van der Waals surface area (Å²) in [5, 5.41) is 2.17. The molecule has 0 saturated heterocycles. The minimum Gasteiger partial charge on any atom is -0.491 e. The monoisotopic (exact) mass is 455 g/mol. The number of rotatable bonds is 15. The molecule has 1 aromatic heterocycles. The first kappa shape index (κ1) is 25.4. The number of fused-ring (bicyclic) bond motifs is 3. The van der Waals surface area contributed by atoms with Crippen LogP contribution in [0.15, 0.2) is 36.4 Å². The highest BCUT2D eigenvalue weighted by Gasteiger charge is 2.12. The lowest BCUT2D eigenvalue weighted by atomic mass is 10.0. The van der Waals surface area contributed by atoms with Crippen LogP contribution in [-0.2, 0) is 6.42 Å². The molecule has 2 aromatic carbocycles. The molecular formula is C29H39F2NO. The van der Waals surface area contributed by atoms with Gasteiger partial charge in [-0.1, -0.05) is 83.8 Å². The molecule has 0 unspecified atom stereocenters. The zero-order chi connectivity index (χ0) is 23.5. The third-order valence-electron chi connectivity index (χ3n) is 6.40. The van der Waals surface area contributed by atoms with E-state index in [1.54, 1.807) is 12.1 Å². The Hall–Kier alpha value is -2.23. The lowest BCUT2D eigenvalue weighted by molar-refractivity contribution is 0.184. The number of unbranched alkanes of at least 4 members (excludes halogenated alkanes) is 8. The summed E-state index contributed by atoms with van der Waals surface area (Å²) in [5.74, 6) is -0.0190. The van der Waals surface area contributed by atoms with Gasteiger partial charge in [-0.25, -0.2) is 9.37 Å². The molecule has 33 heavy (non-hydrogen) atoms. The summed E-state index contributed by atoms with van der Waals surface area (Å²) in [4.78, 5) is 4.23. The van der Waals surface area contributed by atoms with Crippen LogP contribution in [0.5, 0.6) is 5.75 Å². The Morgan fingerprint density at radius 1 is 0.788 bits per heavy atom. The molecule has 0 spiro atoms. The Labute approximate surface area is 197 Å². The number of aromatic nitrogens is 1. The Balaban J connectivity index is 1.63. The molecule has 0 aliphatic carbocycles. The third kappa shape index (κ3) is 7.65. The van der Waals surface area contributed by atoms with E-state index >= 15 is 0 Å². The molecule has 0 aliphatic heterocycles. The van der Waals surface area contributed by atoms with Crippen molar-refractivity contribution in [3.63, 3.8) is 0 Å². The van der Waals surface area contributed by atoms with Crippen LogP contribution in [0.2, 0.25) is 0 Å². The zero-order valence-electron chi connectivity index (χ0n) is 20.3. The van der Waals surface area contributed by atoms with Gasteiger partial charge in [-0.05, 0) is 54.5 Å². The predicted molar refractivity (Wildman–Crippen MR) is 135 cm³/mol. The van der Waals surface area contributed by atoms with Crippen molar-refractivity contribution in [2.45, 2.75) is 97.1 Å². The van der Waals surface area contributed by atoms with Gasteiger partial charge in [0, 0.05) is 10.8 Å². The molecule has 180 valence electrons. The Bertz CT molecular complexity index is 1000. The number of halogens is 2. The van der Waals surface area contributed by atoms with Crippen molar-refractivity contribution in [2.24, 2.45) is 0 Å². The molecule has 0 amide bonds. The third-order valence-corrected chi connectivity index (χ3v) is 6.40. The average molecular weight is 456 g/mol. The van der Waals surface area contributed by atoms with Gasteiger partial charge in [0.05, 0.1) is 5.52 Å². The maximum Gasteiger partial charge on any atom is 0.221 e. The van der Waals surface area contributed by atoms with E-state index in [2.05, 4.69) is 24.9 Å². The van der Waals surface area contributed by atoms with Gasteiger partial charge in [0.15, 0.2) is 0 Å². The van der Waals surface area contributed by atoms with Gasteiger partial charge in [0.2, 0.25) is 5.95 Å². The highest BCUT2D eigenvalue weighted by atomic mass is 19.1. The van der Waals surface area contributed by atoms with Crippen molar-refractivity contribution < 1.29 is 13.5 Å². The maximum absolute atomic E-state index is 14.9. The molecule has 2 nitrogen and oxygen atoms in total. The highest BCUT2D eigenvalue weighted by Crippen LogP contribution is 2.30. The van der Waals surface area contributed by atoms with Gasteiger partial charge < -0.3 is 4.74 Å². The fourth-order valence-corrected chi connectivity index (χ4v) is 4.41. The quantitative estimate of drug-likeness (QED) is 0.129. The Morgan fingerprint density at radius 3 is 2.27 bits per heavy atom. The van der Waals surface area contributed by atoms with Crippen LogP contribution in [0.3, 0.4) is 0 Å². The maximum atomic E-state index is 14.9. The molecule has 1 atom stereocenters. The van der Waals surface area contributed by atoms with Gasteiger partial charge in [-0.3, -0.25) is 0 Å². The van der Waals surface area contributed by atoms with Gasteiger partial charge in [-0.15, -0.1) is 0 Å². The van der Waals surface area contributed by atoms with E-state index in [4.69, 9.17) is 4.74 Å². The van der Waals surface area contributed by atoms with Gasteiger partial charge in [0.25, 0.3) is 0 Å². The zero-order valence-corrected chi connectivity index (χ0v) is 20.3. The largest absolute Gasteiger partial charge is 0.491 e. The molecule has 0 N–H and O–H groups in total. The summed E-state index contributed by atoms with van der Waals surface area (Å²) < 4.78 is 34.6. The van der Waals surface area contributed by atoms with Crippen LogP contribution >= 0.6 is 0 Å². The van der Waals surface area contributed by atoms with E-state index < -0.39 is 12.1 Å². The minimum absolute atomic E-state index is 0.00205. The molecule has 4 heteroatoms. The average Bonchev–Trinajstić information content (AvgIpc) is 2.82. The SMILES string of the molecule is CCCCCCCCc1ccc2c(c1)nc(F)c1cc(OC[C@@H](F)CCCCCC)ccc12. The summed E-state index contributed by atoms with van der Waals surface area (Å²) in [7, 11) is 0. The van der Waals surface area contributed by atoms with E-state index in [0.29, 0.717) is 23.1 Å². The lowest BCUT2D eigenvalue weighted by Crippen LogP contribution is -2.12. The normalized spacial score (nSPS) is 12.5. The van der Waals surface area contributed by atoms with E-state index in [9.17, 15) is 8.78 Å². The van der Waals surface area contributed by atoms with Gasteiger partial charge >= 0.3 is 0 Å². The van der Waals surface area contributed by atoms with Gasteiger partial charge in [0.1, 0.15) is 18.5 Å². The smallest absolute Gasteiger partial charge is 0.221 e. The minimum atomic E-state index is -0.998. The molecular weight excluding hydrogens is 416 g/mol. The summed E-state index contributed by atoms with van der Waals surface area (Å²) in [6.45, 7) is 4.37. The van der Waals surface area contributed by atoms with Crippen molar-refractivity contribution in [3.05, 3.63) is 47.9 Å².